The van der Waals surface area contributed by atoms with Crippen LogP contribution in [0.3, 0.4) is 0 Å². The average molecular weight is 367 g/mol. The van der Waals surface area contributed by atoms with Crippen LogP contribution in [0, 0.1) is 6.92 Å². The molecular formula is C19H21N5O3. The van der Waals surface area contributed by atoms with E-state index in [-0.39, 0.29) is 18.4 Å². The number of nitrogens with zero attached hydrogens (tertiary/aromatic N) is 5. The summed E-state index contributed by atoms with van der Waals surface area (Å²) in [6, 6.07) is 9.72. The zero-order valence-electron chi connectivity index (χ0n) is 15.3. The topological polar surface area (TPSA) is 86.3 Å². The van der Waals surface area contributed by atoms with Crippen LogP contribution in [0.5, 0.6) is 5.75 Å². The number of likely N-dealkylation sites (tertiary alicyclic amines) is 1. The normalized spacial score (nSPS) is 14.2. The van der Waals surface area contributed by atoms with Gasteiger partial charge in [0.05, 0.1) is 31.0 Å². The van der Waals surface area contributed by atoms with Crippen molar-refractivity contribution in [2.24, 2.45) is 0 Å². The number of hydrogen-bond acceptors (Lipinski definition) is 6. The first-order chi connectivity index (χ1) is 13.1. The van der Waals surface area contributed by atoms with Gasteiger partial charge < -0.3 is 14.2 Å². The molecule has 3 heterocycles. The van der Waals surface area contributed by atoms with Crippen molar-refractivity contribution in [3.05, 3.63) is 48.0 Å². The third kappa shape index (κ3) is 3.69. The Bertz CT molecular complexity index is 925. The first kappa shape index (κ1) is 17.3. The van der Waals surface area contributed by atoms with Gasteiger partial charge in [0.25, 0.3) is 0 Å². The Hall–Kier alpha value is -3.16. The molecule has 1 aliphatic heterocycles. The highest BCUT2D eigenvalue weighted by Crippen LogP contribution is 2.25. The molecule has 1 fully saturated rings. The van der Waals surface area contributed by atoms with Crippen LogP contribution in [0.1, 0.15) is 24.4 Å². The highest BCUT2D eigenvalue weighted by Gasteiger charge is 2.33. The summed E-state index contributed by atoms with van der Waals surface area (Å²) >= 11 is 0. The van der Waals surface area contributed by atoms with Gasteiger partial charge in [0, 0.05) is 24.7 Å². The van der Waals surface area contributed by atoms with E-state index in [1.807, 2.05) is 49.0 Å². The first-order valence-corrected chi connectivity index (χ1v) is 8.97. The van der Waals surface area contributed by atoms with Gasteiger partial charge in [-0.1, -0.05) is 10.4 Å². The predicted molar refractivity (Wildman–Crippen MR) is 97.2 cm³/mol. The second-order valence-electron chi connectivity index (χ2n) is 6.60. The number of aryl methyl sites for hydroxylation is 1. The fourth-order valence-corrected chi connectivity index (χ4v) is 3.07. The van der Waals surface area contributed by atoms with Crippen LogP contribution < -0.4 is 4.74 Å². The highest BCUT2D eigenvalue weighted by atomic mass is 16.5. The maximum absolute atomic E-state index is 12.3. The fourth-order valence-electron chi connectivity index (χ4n) is 3.07. The van der Waals surface area contributed by atoms with E-state index in [0.29, 0.717) is 31.2 Å². The third-order valence-corrected chi connectivity index (χ3v) is 4.57. The van der Waals surface area contributed by atoms with Crippen LogP contribution in [0.15, 0.2) is 41.1 Å². The summed E-state index contributed by atoms with van der Waals surface area (Å²) in [4.78, 5) is 14.1. The second kappa shape index (κ2) is 7.22. The molecule has 140 valence electrons. The number of benzene rings is 1. The Morgan fingerprint density at radius 1 is 1.30 bits per heavy atom. The molecule has 0 radical (unpaired) electrons. The summed E-state index contributed by atoms with van der Waals surface area (Å²) in [5.41, 5.74) is 2.46. The first-order valence-electron chi connectivity index (χ1n) is 8.97. The molecule has 1 aliphatic rings. The summed E-state index contributed by atoms with van der Waals surface area (Å²) in [6.07, 6.45) is 2.18. The summed E-state index contributed by atoms with van der Waals surface area (Å²) < 4.78 is 12.3. The molecule has 8 heteroatoms. The van der Waals surface area contributed by atoms with E-state index in [0.717, 1.165) is 17.0 Å². The van der Waals surface area contributed by atoms with Gasteiger partial charge in [0.15, 0.2) is 0 Å². The molecule has 1 saturated heterocycles. The molecule has 8 nitrogen and oxygen atoms in total. The molecular weight excluding hydrogens is 346 g/mol. The van der Waals surface area contributed by atoms with E-state index >= 15 is 0 Å². The van der Waals surface area contributed by atoms with E-state index < -0.39 is 0 Å². The van der Waals surface area contributed by atoms with Crippen LogP contribution in [0.25, 0.3) is 11.3 Å². The van der Waals surface area contributed by atoms with Gasteiger partial charge in [0.2, 0.25) is 5.91 Å². The number of ether oxygens (including phenoxy) is 1. The highest BCUT2D eigenvalue weighted by molar-refractivity contribution is 5.79. The maximum Gasteiger partial charge on any atom is 0.228 e. The van der Waals surface area contributed by atoms with Gasteiger partial charge in [-0.2, -0.15) is 0 Å². The summed E-state index contributed by atoms with van der Waals surface area (Å²) in [5, 5.41) is 12.3. The van der Waals surface area contributed by atoms with E-state index in [1.54, 1.807) is 11.0 Å². The lowest BCUT2D eigenvalue weighted by Gasteiger charge is -2.38. The molecule has 0 saturated carbocycles. The van der Waals surface area contributed by atoms with E-state index in [2.05, 4.69) is 15.5 Å². The predicted octanol–water partition coefficient (Wildman–Crippen LogP) is 2.27. The van der Waals surface area contributed by atoms with Gasteiger partial charge in [-0.05, 0) is 38.1 Å². The van der Waals surface area contributed by atoms with E-state index in [4.69, 9.17) is 9.26 Å². The van der Waals surface area contributed by atoms with Crippen LogP contribution in [-0.2, 0) is 11.2 Å². The number of hydrogen-bond donors (Lipinski definition) is 0. The molecule has 27 heavy (non-hydrogen) atoms. The number of aromatic nitrogens is 4. The van der Waals surface area contributed by atoms with Crippen LogP contribution in [-0.4, -0.2) is 50.7 Å². The van der Waals surface area contributed by atoms with Gasteiger partial charge >= 0.3 is 0 Å². The summed E-state index contributed by atoms with van der Waals surface area (Å²) in [6.45, 7) is 5.67. The fraction of sp³-hybridized carbons (Fsp3) is 0.368. The lowest BCUT2D eigenvalue weighted by molar-refractivity contribution is -0.136. The monoisotopic (exact) mass is 367 g/mol. The molecule has 4 rings (SSSR count). The smallest absolute Gasteiger partial charge is 0.228 e. The van der Waals surface area contributed by atoms with Crippen molar-refractivity contribution in [2.45, 2.75) is 26.3 Å². The lowest BCUT2D eigenvalue weighted by Crippen LogP contribution is -2.51. The summed E-state index contributed by atoms with van der Waals surface area (Å²) in [7, 11) is 0. The van der Waals surface area contributed by atoms with Crippen molar-refractivity contribution in [1.82, 2.24) is 25.1 Å². The largest absolute Gasteiger partial charge is 0.494 e. The molecule has 1 aromatic carbocycles. The van der Waals surface area contributed by atoms with Crippen molar-refractivity contribution in [3.63, 3.8) is 0 Å². The maximum atomic E-state index is 12.3. The quantitative estimate of drug-likeness (QED) is 0.664. The molecule has 0 N–H and O–H groups in total. The number of amides is 1. The average Bonchev–Trinajstić information content (AvgIpc) is 3.24. The van der Waals surface area contributed by atoms with E-state index in [9.17, 15) is 4.79 Å². The van der Waals surface area contributed by atoms with Gasteiger partial charge in [-0.15, -0.1) is 5.10 Å². The molecule has 0 unspecified atom stereocenters. The SMILES string of the molecule is CCOc1ccc(-c2cn(C3CN(C(=O)Cc4cc(C)on4)C3)nn2)cc1. The minimum Gasteiger partial charge on any atom is -0.494 e. The van der Waals surface area contributed by atoms with Crippen LogP contribution in [0.2, 0.25) is 0 Å². The van der Waals surface area contributed by atoms with E-state index in [1.165, 1.54) is 0 Å². The second-order valence-corrected chi connectivity index (χ2v) is 6.60. The minimum absolute atomic E-state index is 0.0476. The molecule has 3 aromatic rings. The Labute approximate surface area is 156 Å². The molecule has 2 aromatic heterocycles. The Morgan fingerprint density at radius 2 is 2.07 bits per heavy atom. The van der Waals surface area contributed by atoms with Gasteiger partial charge in [-0.3, -0.25) is 4.79 Å². The molecule has 0 aliphatic carbocycles. The van der Waals surface area contributed by atoms with Crippen LogP contribution in [0.4, 0.5) is 0 Å². The van der Waals surface area contributed by atoms with Crippen molar-refractivity contribution in [2.75, 3.05) is 19.7 Å². The van der Waals surface area contributed by atoms with Crippen molar-refractivity contribution in [1.29, 1.82) is 0 Å². The van der Waals surface area contributed by atoms with Crippen molar-refractivity contribution < 1.29 is 14.1 Å². The Morgan fingerprint density at radius 3 is 2.74 bits per heavy atom. The van der Waals surface area contributed by atoms with Gasteiger partial charge in [0.1, 0.15) is 17.2 Å². The van der Waals surface area contributed by atoms with Crippen molar-refractivity contribution >= 4 is 5.91 Å². The van der Waals surface area contributed by atoms with Crippen molar-refractivity contribution in [3.8, 4) is 17.0 Å². The molecule has 0 bridgehead atoms. The number of rotatable bonds is 6. The molecule has 0 atom stereocenters. The minimum atomic E-state index is 0.0476. The Balaban J connectivity index is 1.34. The van der Waals surface area contributed by atoms with Crippen LogP contribution >= 0.6 is 0 Å². The standard InChI is InChI=1S/C19H21N5O3/c1-3-26-17-6-4-14(5-7-17)18-12-24(22-20-18)16-10-23(11-16)19(25)9-15-8-13(2)27-21-15/h4-8,12,16H,3,9-11H2,1-2H3. The number of carbonyl (C=O) groups is 1. The lowest BCUT2D eigenvalue weighted by atomic mass is 10.1. The third-order valence-electron chi connectivity index (χ3n) is 4.57. The molecule has 1 amide bonds. The Kier molecular flexibility index (Phi) is 4.62. The summed E-state index contributed by atoms with van der Waals surface area (Å²) in [5.74, 6) is 1.60. The number of carbonyl (C=O) groups excluding carboxylic acids is 1. The zero-order chi connectivity index (χ0) is 18.8. The van der Waals surface area contributed by atoms with Gasteiger partial charge in [-0.25, -0.2) is 4.68 Å². The zero-order valence-corrected chi connectivity index (χ0v) is 15.3. The molecule has 0 spiro atoms.